The van der Waals surface area contributed by atoms with Gasteiger partial charge in [0.25, 0.3) is 0 Å². The summed E-state index contributed by atoms with van der Waals surface area (Å²) in [6, 6.07) is 0.700. The zero-order valence-electron chi connectivity index (χ0n) is 11.3. The third-order valence-electron chi connectivity index (χ3n) is 3.67. The third-order valence-corrected chi connectivity index (χ3v) is 4.82. The minimum absolute atomic E-state index is 0.526. The van der Waals surface area contributed by atoms with Gasteiger partial charge in [-0.2, -0.15) is 0 Å². The molecule has 0 amide bonds. The molecule has 1 aliphatic rings. The van der Waals surface area contributed by atoms with Gasteiger partial charge in [-0.1, -0.05) is 27.2 Å². The molecule has 3 heteroatoms. The quantitative estimate of drug-likeness (QED) is 0.882. The lowest BCUT2D eigenvalue weighted by atomic mass is 9.75. The van der Waals surface area contributed by atoms with Crippen molar-refractivity contribution in [2.45, 2.75) is 65.5 Å². The standard InChI is InChI=1S/C14H24N2S/c1-4-13-16-10-12(17-13)9-15-11-6-5-7-14(2,3)8-11/h10-11,15H,4-9H2,1-3H3. The second kappa shape index (κ2) is 5.49. The molecule has 0 spiro atoms. The summed E-state index contributed by atoms with van der Waals surface area (Å²) in [5.74, 6) is 0. The Kier molecular flexibility index (Phi) is 4.21. The van der Waals surface area contributed by atoms with Gasteiger partial charge >= 0.3 is 0 Å². The Balaban J connectivity index is 1.81. The molecule has 0 saturated heterocycles. The highest BCUT2D eigenvalue weighted by atomic mass is 32.1. The maximum atomic E-state index is 4.41. The van der Waals surface area contributed by atoms with E-state index in [1.165, 1.54) is 35.6 Å². The lowest BCUT2D eigenvalue weighted by Gasteiger charge is -2.35. The zero-order valence-corrected chi connectivity index (χ0v) is 12.1. The van der Waals surface area contributed by atoms with Crippen LogP contribution in [0.3, 0.4) is 0 Å². The van der Waals surface area contributed by atoms with Crippen LogP contribution >= 0.6 is 11.3 Å². The summed E-state index contributed by atoms with van der Waals surface area (Å²) in [6.45, 7) is 7.95. The van der Waals surface area contributed by atoms with Gasteiger partial charge in [0.2, 0.25) is 0 Å². The fourth-order valence-corrected chi connectivity index (χ4v) is 3.52. The summed E-state index contributed by atoms with van der Waals surface area (Å²) in [5, 5.41) is 4.96. The summed E-state index contributed by atoms with van der Waals surface area (Å²) in [5.41, 5.74) is 0.526. The van der Waals surface area contributed by atoms with Crippen LogP contribution in [0.5, 0.6) is 0 Å². The van der Waals surface area contributed by atoms with Gasteiger partial charge in [0, 0.05) is 23.7 Å². The number of rotatable bonds is 4. The monoisotopic (exact) mass is 252 g/mol. The summed E-state index contributed by atoms with van der Waals surface area (Å²) < 4.78 is 0. The van der Waals surface area contributed by atoms with Crippen molar-refractivity contribution in [3.8, 4) is 0 Å². The number of nitrogens with zero attached hydrogens (tertiary/aromatic N) is 1. The summed E-state index contributed by atoms with van der Waals surface area (Å²) in [7, 11) is 0. The number of nitrogens with one attached hydrogen (secondary N) is 1. The zero-order chi connectivity index (χ0) is 12.3. The molecule has 2 rings (SSSR count). The smallest absolute Gasteiger partial charge is 0.0925 e. The fraction of sp³-hybridized carbons (Fsp3) is 0.786. The van der Waals surface area contributed by atoms with Crippen LogP contribution in [0.15, 0.2) is 6.20 Å². The van der Waals surface area contributed by atoms with Crippen LogP contribution in [0.4, 0.5) is 0 Å². The van der Waals surface area contributed by atoms with Crippen LogP contribution in [-0.4, -0.2) is 11.0 Å². The molecule has 1 unspecified atom stereocenters. The minimum Gasteiger partial charge on any atom is -0.309 e. The lowest BCUT2D eigenvalue weighted by molar-refractivity contribution is 0.198. The first-order chi connectivity index (χ1) is 8.09. The minimum atomic E-state index is 0.526. The van der Waals surface area contributed by atoms with Gasteiger partial charge in [-0.25, -0.2) is 4.98 Å². The predicted molar refractivity (Wildman–Crippen MR) is 74.4 cm³/mol. The first-order valence-electron chi connectivity index (χ1n) is 6.76. The Morgan fingerprint density at radius 3 is 3.00 bits per heavy atom. The van der Waals surface area contributed by atoms with Gasteiger partial charge in [-0.15, -0.1) is 11.3 Å². The highest BCUT2D eigenvalue weighted by Crippen LogP contribution is 2.35. The number of aromatic nitrogens is 1. The van der Waals surface area contributed by atoms with Gasteiger partial charge in [0.05, 0.1) is 5.01 Å². The van der Waals surface area contributed by atoms with Crippen molar-refractivity contribution in [3.05, 3.63) is 16.1 Å². The van der Waals surface area contributed by atoms with E-state index in [0.29, 0.717) is 11.5 Å². The van der Waals surface area contributed by atoms with Crippen molar-refractivity contribution >= 4 is 11.3 Å². The van der Waals surface area contributed by atoms with E-state index in [1.54, 1.807) is 0 Å². The molecule has 96 valence electrons. The number of hydrogen-bond donors (Lipinski definition) is 1. The Hall–Kier alpha value is -0.410. The Morgan fingerprint density at radius 2 is 2.35 bits per heavy atom. The first kappa shape index (κ1) is 13.0. The molecule has 1 aromatic heterocycles. The SMILES string of the molecule is CCc1ncc(CNC2CCCC(C)(C)C2)s1. The highest BCUT2D eigenvalue weighted by Gasteiger charge is 2.27. The van der Waals surface area contributed by atoms with E-state index in [1.807, 2.05) is 17.5 Å². The first-order valence-corrected chi connectivity index (χ1v) is 7.58. The van der Waals surface area contributed by atoms with Crippen molar-refractivity contribution in [3.63, 3.8) is 0 Å². The van der Waals surface area contributed by atoms with Gasteiger partial charge < -0.3 is 5.32 Å². The van der Waals surface area contributed by atoms with Crippen LogP contribution in [0.2, 0.25) is 0 Å². The van der Waals surface area contributed by atoms with Gasteiger partial charge in [-0.05, 0) is 31.1 Å². The molecule has 1 saturated carbocycles. The Labute approximate surface area is 109 Å². The summed E-state index contributed by atoms with van der Waals surface area (Å²) >= 11 is 1.85. The molecule has 2 nitrogen and oxygen atoms in total. The van der Waals surface area contributed by atoms with Crippen LogP contribution < -0.4 is 5.32 Å². The maximum Gasteiger partial charge on any atom is 0.0925 e. The van der Waals surface area contributed by atoms with E-state index in [4.69, 9.17) is 0 Å². The molecule has 1 N–H and O–H groups in total. The van der Waals surface area contributed by atoms with Crippen LogP contribution in [0, 0.1) is 5.41 Å². The molecule has 1 aliphatic carbocycles. The van der Waals surface area contributed by atoms with Crippen LogP contribution in [0.25, 0.3) is 0 Å². The van der Waals surface area contributed by atoms with Crippen molar-refractivity contribution in [1.82, 2.24) is 10.3 Å². The van der Waals surface area contributed by atoms with E-state index in [2.05, 4.69) is 31.1 Å². The van der Waals surface area contributed by atoms with E-state index in [-0.39, 0.29) is 0 Å². The lowest BCUT2D eigenvalue weighted by Crippen LogP contribution is -2.36. The molecule has 0 bridgehead atoms. The summed E-state index contributed by atoms with van der Waals surface area (Å²) in [4.78, 5) is 5.79. The summed E-state index contributed by atoms with van der Waals surface area (Å²) in [6.07, 6.45) is 8.49. The topological polar surface area (TPSA) is 24.9 Å². The number of thiazole rings is 1. The fourth-order valence-electron chi connectivity index (χ4n) is 2.71. The van der Waals surface area contributed by atoms with E-state index >= 15 is 0 Å². The van der Waals surface area contributed by atoms with Gasteiger partial charge in [0.15, 0.2) is 0 Å². The van der Waals surface area contributed by atoms with Crippen molar-refractivity contribution in [2.75, 3.05) is 0 Å². The van der Waals surface area contributed by atoms with Crippen LogP contribution in [-0.2, 0) is 13.0 Å². The predicted octanol–water partition coefficient (Wildman–Crippen LogP) is 3.76. The molecule has 1 fully saturated rings. The normalized spacial score (nSPS) is 23.8. The molecule has 17 heavy (non-hydrogen) atoms. The number of aryl methyl sites for hydroxylation is 1. The Bertz CT molecular complexity index is 357. The van der Waals surface area contributed by atoms with E-state index < -0.39 is 0 Å². The molecule has 1 aromatic rings. The molecule has 1 atom stereocenters. The van der Waals surface area contributed by atoms with Crippen molar-refractivity contribution < 1.29 is 0 Å². The molecular weight excluding hydrogens is 228 g/mol. The highest BCUT2D eigenvalue weighted by molar-refractivity contribution is 7.11. The molecule has 1 heterocycles. The maximum absolute atomic E-state index is 4.41. The average Bonchev–Trinajstić information content (AvgIpc) is 2.73. The second-order valence-corrected chi connectivity index (χ2v) is 7.11. The third kappa shape index (κ3) is 3.78. The van der Waals surface area contributed by atoms with Gasteiger partial charge in [0.1, 0.15) is 0 Å². The van der Waals surface area contributed by atoms with E-state index in [9.17, 15) is 0 Å². The largest absolute Gasteiger partial charge is 0.309 e. The molecule has 0 aromatic carbocycles. The van der Waals surface area contributed by atoms with Crippen molar-refractivity contribution in [2.24, 2.45) is 5.41 Å². The van der Waals surface area contributed by atoms with Crippen molar-refractivity contribution in [1.29, 1.82) is 0 Å². The number of hydrogen-bond acceptors (Lipinski definition) is 3. The average molecular weight is 252 g/mol. The molecule has 0 aliphatic heterocycles. The molecule has 0 radical (unpaired) electrons. The Morgan fingerprint density at radius 1 is 1.53 bits per heavy atom. The van der Waals surface area contributed by atoms with Gasteiger partial charge in [-0.3, -0.25) is 0 Å². The molecular formula is C14H24N2S. The van der Waals surface area contributed by atoms with Crippen LogP contribution in [0.1, 0.15) is 56.3 Å². The van der Waals surface area contributed by atoms with E-state index in [0.717, 1.165) is 13.0 Å². The second-order valence-electron chi connectivity index (χ2n) is 5.91.